The maximum Gasteiger partial charge on any atom is 0.573 e. The number of hydrogen-bond donors (Lipinski definition) is 1. The van der Waals surface area contributed by atoms with Crippen molar-refractivity contribution in [2.45, 2.75) is 6.36 Å². The van der Waals surface area contributed by atoms with E-state index in [2.05, 4.69) is 20.7 Å². The fourth-order valence-electron chi connectivity index (χ4n) is 0.697. The van der Waals surface area contributed by atoms with E-state index in [-0.39, 0.29) is 16.0 Å². The Morgan fingerprint density at radius 1 is 1.31 bits per heavy atom. The molecule has 0 fully saturated rings. The molecule has 6 heteroatoms. The Morgan fingerprint density at radius 2 is 1.92 bits per heavy atom. The van der Waals surface area contributed by atoms with E-state index in [0.717, 1.165) is 18.2 Å². The topological polar surface area (TPSA) is 29.5 Å². The molecule has 0 aliphatic heterocycles. The fraction of sp³-hybridized carbons (Fsp3) is 0.143. The van der Waals surface area contributed by atoms with Crippen LogP contribution in [-0.4, -0.2) is 11.5 Å². The SMILES string of the molecule is Oc1ccc(OC(F)(F)F)c(Br)c1. The Labute approximate surface area is 80.1 Å². The highest BCUT2D eigenvalue weighted by molar-refractivity contribution is 9.10. The average Bonchev–Trinajstić information content (AvgIpc) is 1.93. The first-order valence-corrected chi connectivity index (χ1v) is 3.92. The molecule has 1 aromatic carbocycles. The zero-order chi connectivity index (χ0) is 10.1. The van der Waals surface area contributed by atoms with Crippen LogP contribution in [0.15, 0.2) is 22.7 Å². The molecule has 0 aromatic heterocycles. The first kappa shape index (κ1) is 10.2. The quantitative estimate of drug-likeness (QED) is 0.837. The highest BCUT2D eigenvalue weighted by Crippen LogP contribution is 2.32. The van der Waals surface area contributed by atoms with Gasteiger partial charge in [0.15, 0.2) is 0 Å². The Morgan fingerprint density at radius 3 is 2.38 bits per heavy atom. The van der Waals surface area contributed by atoms with E-state index in [4.69, 9.17) is 5.11 Å². The lowest BCUT2D eigenvalue weighted by atomic mass is 10.3. The second-order valence-electron chi connectivity index (χ2n) is 2.16. The third-order valence-electron chi connectivity index (χ3n) is 1.14. The standard InChI is InChI=1S/C7H4BrF3O2/c8-5-3-4(12)1-2-6(5)13-7(9,10)11/h1-3,12H. The molecule has 0 amide bonds. The normalized spacial score (nSPS) is 11.4. The molecule has 1 rings (SSSR count). The van der Waals surface area contributed by atoms with Crippen molar-refractivity contribution < 1.29 is 23.0 Å². The minimum absolute atomic E-state index is 0.0461. The van der Waals surface area contributed by atoms with Gasteiger partial charge in [-0.3, -0.25) is 0 Å². The third-order valence-corrected chi connectivity index (χ3v) is 1.76. The molecule has 0 spiro atoms. The van der Waals surface area contributed by atoms with Gasteiger partial charge in [0.2, 0.25) is 0 Å². The first-order valence-electron chi connectivity index (χ1n) is 3.13. The van der Waals surface area contributed by atoms with Crippen molar-refractivity contribution in [3.8, 4) is 11.5 Å². The predicted molar refractivity (Wildman–Crippen MR) is 42.5 cm³/mol. The summed E-state index contributed by atoms with van der Waals surface area (Å²) in [5, 5.41) is 8.87. The summed E-state index contributed by atoms with van der Waals surface area (Å²) in [4.78, 5) is 0. The predicted octanol–water partition coefficient (Wildman–Crippen LogP) is 3.05. The number of aromatic hydroxyl groups is 1. The number of rotatable bonds is 1. The van der Waals surface area contributed by atoms with Gasteiger partial charge in [-0.1, -0.05) is 0 Å². The van der Waals surface area contributed by atoms with Crippen LogP contribution in [-0.2, 0) is 0 Å². The van der Waals surface area contributed by atoms with Crippen LogP contribution in [0.4, 0.5) is 13.2 Å². The van der Waals surface area contributed by atoms with Crippen LogP contribution in [0.2, 0.25) is 0 Å². The van der Waals surface area contributed by atoms with Gasteiger partial charge in [0.1, 0.15) is 11.5 Å². The number of halogens is 4. The summed E-state index contributed by atoms with van der Waals surface area (Å²) in [5.74, 6) is -0.522. The van der Waals surface area contributed by atoms with Gasteiger partial charge in [-0.2, -0.15) is 0 Å². The molecule has 2 nitrogen and oxygen atoms in total. The van der Waals surface area contributed by atoms with Crippen molar-refractivity contribution in [1.82, 2.24) is 0 Å². The molecule has 0 radical (unpaired) electrons. The summed E-state index contributed by atoms with van der Waals surface area (Å²) in [6.45, 7) is 0. The molecular formula is C7H4BrF3O2. The molecule has 72 valence electrons. The third kappa shape index (κ3) is 3.14. The molecule has 0 atom stereocenters. The van der Waals surface area contributed by atoms with Gasteiger partial charge in [0.05, 0.1) is 4.47 Å². The van der Waals surface area contributed by atoms with E-state index < -0.39 is 6.36 Å². The van der Waals surface area contributed by atoms with Gasteiger partial charge >= 0.3 is 6.36 Å². The van der Waals surface area contributed by atoms with Crippen molar-refractivity contribution in [2.24, 2.45) is 0 Å². The lowest BCUT2D eigenvalue weighted by Crippen LogP contribution is -2.17. The highest BCUT2D eigenvalue weighted by Gasteiger charge is 2.31. The molecule has 0 saturated carbocycles. The van der Waals surface area contributed by atoms with Gasteiger partial charge in [-0.25, -0.2) is 0 Å². The molecule has 1 N–H and O–H groups in total. The van der Waals surface area contributed by atoms with Crippen LogP contribution in [0.25, 0.3) is 0 Å². The summed E-state index contributed by atoms with van der Waals surface area (Å²) in [6.07, 6.45) is -4.72. The second kappa shape index (κ2) is 3.45. The maximum absolute atomic E-state index is 11.7. The van der Waals surface area contributed by atoms with Crippen molar-refractivity contribution >= 4 is 15.9 Å². The summed E-state index contributed by atoms with van der Waals surface area (Å²) < 4.78 is 38.8. The lowest BCUT2D eigenvalue weighted by Gasteiger charge is -2.09. The smallest absolute Gasteiger partial charge is 0.508 e. The maximum atomic E-state index is 11.7. The molecule has 0 aliphatic carbocycles. The largest absolute Gasteiger partial charge is 0.573 e. The van der Waals surface area contributed by atoms with Gasteiger partial charge in [-0.15, -0.1) is 13.2 Å². The number of benzene rings is 1. The van der Waals surface area contributed by atoms with E-state index in [1.165, 1.54) is 0 Å². The molecule has 0 bridgehead atoms. The summed E-state index contributed by atoms with van der Waals surface area (Å²) >= 11 is 2.81. The van der Waals surface area contributed by atoms with Gasteiger partial charge in [0.25, 0.3) is 0 Å². The highest BCUT2D eigenvalue weighted by atomic mass is 79.9. The molecule has 0 saturated heterocycles. The lowest BCUT2D eigenvalue weighted by molar-refractivity contribution is -0.274. The minimum Gasteiger partial charge on any atom is -0.508 e. The second-order valence-corrected chi connectivity index (χ2v) is 3.02. The monoisotopic (exact) mass is 256 g/mol. The molecule has 0 aliphatic rings. The van der Waals surface area contributed by atoms with Crippen LogP contribution in [0, 0.1) is 0 Å². The van der Waals surface area contributed by atoms with Crippen molar-refractivity contribution in [3.63, 3.8) is 0 Å². The number of phenols is 1. The molecule has 0 heterocycles. The molecule has 0 unspecified atom stereocenters. The summed E-state index contributed by atoms with van der Waals surface area (Å²) in [5.41, 5.74) is 0. The van der Waals surface area contributed by atoms with Crippen LogP contribution in [0.1, 0.15) is 0 Å². The van der Waals surface area contributed by atoms with Crippen LogP contribution >= 0.6 is 15.9 Å². The number of hydrogen-bond acceptors (Lipinski definition) is 2. The molecular weight excluding hydrogens is 253 g/mol. The van der Waals surface area contributed by atoms with Crippen molar-refractivity contribution in [2.75, 3.05) is 0 Å². The number of ether oxygens (including phenoxy) is 1. The molecule has 1 aromatic rings. The van der Waals surface area contributed by atoms with E-state index in [9.17, 15) is 13.2 Å². The van der Waals surface area contributed by atoms with Crippen LogP contribution in [0.5, 0.6) is 11.5 Å². The van der Waals surface area contributed by atoms with Crippen LogP contribution < -0.4 is 4.74 Å². The van der Waals surface area contributed by atoms with Crippen molar-refractivity contribution in [1.29, 1.82) is 0 Å². The Hall–Kier alpha value is -0.910. The molecule has 13 heavy (non-hydrogen) atoms. The Bertz CT molecular complexity index is 311. The van der Waals surface area contributed by atoms with Crippen molar-refractivity contribution in [3.05, 3.63) is 22.7 Å². The zero-order valence-corrected chi connectivity index (χ0v) is 7.69. The van der Waals surface area contributed by atoms with Gasteiger partial charge in [0, 0.05) is 0 Å². The fourth-order valence-corrected chi connectivity index (χ4v) is 1.14. The first-order chi connectivity index (χ1) is 5.88. The van der Waals surface area contributed by atoms with E-state index in [0.29, 0.717) is 0 Å². The van der Waals surface area contributed by atoms with Gasteiger partial charge < -0.3 is 9.84 Å². The average molecular weight is 257 g/mol. The van der Waals surface area contributed by atoms with E-state index in [1.807, 2.05) is 0 Å². The zero-order valence-electron chi connectivity index (χ0n) is 6.10. The van der Waals surface area contributed by atoms with Gasteiger partial charge in [-0.05, 0) is 34.1 Å². The number of phenolic OH excluding ortho intramolecular Hbond substituents is 1. The van der Waals surface area contributed by atoms with Crippen LogP contribution in [0.3, 0.4) is 0 Å². The minimum atomic E-state index is -4.72. The Balaban J connectivity index is 2.90. The van der Waals surface area contributed by atoms with E-state index >= 15 is 0 Å². The Kier molecular flexibility index (Phi) is 2.70. The number of alkyl halides is 3. The van der Waals surface area contributed by atoms with E-state index in [1.54, 1.807) is 0 Å². The summed E-state index contributed by atoms with van der Waals surface area (Å²) in [7, 11) is 0. The summed E-state index contributed by atoms with van der Waals surface area (Å²) in [6, 6.07) is 3.24.